The number of carbonyl (C=O) groups is 1. The highest BCUT2D eigenvalue weighted by Crippen LogP contribution is 2.32. The van der Waals surface area contributed by atoms with Gasteiger partial charge in [0.1, 0.15) is 11.6 Å². The van der Waals surface area contributed by atoms with Crippen molar-refractivity contribution in [2.75, 3.05) is 13.2 Å². The van der Waals surface area contributed by atoms with Crippen LogP contribution in [0, 0.1) is 0 Å². The van der Waals surface area contributed by atoms with Gasteiger partial charge in [-0.15, -0.1) is 0 Å². The lowest BCUT2D eigenvalue weighted by Gasteiger charge is -2.23. The maximum atomic E-state index is 12.8. The summed E-state index contributed by atoms with van der Waals surface area (Å²) in [7, 11) is 0. The Labute approximate surface area is 173 Å². The number of amides is 1. The highest BCUT2D eigenvalue weighted by molar-refractivity contribution is 6.35. The first-order chi connectivity index (χ1) is 13.6. The Hall–Kier alpha value is -2.24. The van der Waals surface area contributed by atoms with Crippen LogP contribution in [0.1, 0.15) is 37.5 Å². The van der Waals surface area contributed by atoms with Crippen molar-refractivity contribution in [1.29, 1.82) is 0 Å². The number of hydrogen-bond donors (Lipinski definition) is 1. The second-order valence-electron chi connectivity index (χ2n) is 6.91. The van der Waals surface area contributed by atoms with Crippen LogP contribution in [-0.4, -0.2) is 33.9 Å². The number of aromatic nitrogens is 2. The Morgan fingerprint density at radius 1 is 1.25 bits per heavy atom. The minimum Gasteiger partial charge on any atom is -0.492 e. The topological polar surface area (TPSA) is 58.2 Å². The van der Waals surface area contributed by atoms with Crippen LogP contribution in [0.2, 0.25) is 10.0 Å². The molecule has 0 bridgehead atoms. The van der Waals surface area contributed by atoms with E-state index in [1.165, 1.54) is 0 Å². The summed E-state index contributed by atoms with van der Waals surface area (Å²) in [4.78, 5) is 22.7. The highest BCUT2D eigenvalue weighted by atomic mass is 35.5. The molecule has 0 radical (unpaired) electrons. The van der Waals surface area contributed by atoms with Crippen molar-refractivity contribution in [2.24, 2.45) is 0 Å². The molecule has 1 saturated heterocycles. The van der Waals surface area contributed by atoms with Gasteiger partial charge in [-0.05, 0) is 49.6 Å². The van der Waals surface area contributed by atoms with Gasteiger partial charge in [-0.2, -0.15) is 0 Å². The van der Waals surface area contributed by atoms with E-state index in [4.69, 9.17) is 27.9 Å². The van der Waals surface area contributed by atoms with Crippen molar-refractivity contribution in [3.63, 3.8) is 0 Å². The van der Waals surface area contributed by atoms with E-state index in [2.05, 4.69) is 9.97 Å². The Morgan fingerprint density at radius 2 is 2.11 bits per heavy atom. The lowest BCUT2D eigenvalue weighted by atomic mass is 10.2. The summed E-state index contributed by atoms with van der Waals surface area (Å²) in [5.74, 6) is 1.59. The molecule has 28 heavy (non-hydrogen) atoms. The van der Waals surface area contributed by atoms with Crippen LogP contribution in [0.3, 0.4) is 0 Å². The average Bonchev–Trinajstić information content (AvgIpc) is 3.33. The summed E-state index contributed by atoms with van der Waals surface area (Å²) in [6.07, 6.45) is 2.98. The Morgan fingerprint density at radius 3 is 2.93 bits per heavy atom. The molecule has 0 spiro atoms. The minimum atomic E-state index is 0.0199. The SMILES string of the molecule is O=C(CCCOc1ccc(Cl)cc1Cl)N1CCCC1c1nc2ccccc2[nH]1. The Kier molecular flexibility index (Phi) is 5.74. The molecule has 146 valence electrons. The zero-order valence-electron chi connectivity index (χ0n) is 15.3. The smallest absolute Gasteiger partial charge is 0.223 e. The van der Waals surface area contributed by atoms with Gasteiger partial charge in [0.25, 0.3) is 0 Å². The van der Waals surface area contributed by atoms with E-state index in [0.717, 1.165) is 36.2 Å². The van der Waals surface area contributed by atoms with Gasteiger partial charge in [0.2, 0.25) is 5.91 Å². The fraction of sp³-hybridized carbons (Fsp3) is 0.333. The average molecular weight is 418 g/mol. The fourth-order valence-electron chi connectivity index (χ4n) is 3.62. The number of nitrogens with zero attached hydrogens (tertiary/aromatic N) is 2. The van der Waals surface area contributed by atoms with E-state index >= 15 is 0 Å². The minimum absolute atomic E-state index is 0.0199. The molecular formula is C21H21Cl2N3O2. The first-order valence-electron chi connectivity index (χ1n) is 9.44. The number of para-hydroxylation sites is 2. The molecule has 2 heterocycles. The van der Waals surface area contributed by atoms with Gasteiger partial charge in [-0.3, -0.25) is 4.79 Å². The third kappa shape index (κ3) is 4.10. The number of ether oxygens (including phenoxy) is 1. The van der Waals surface area contributed by atoms with Crippen LogP contribution in [0.15, 0.2) is 42.5 Å². The normalized spacial score (nSPS) is 16.6. The van der Waals surface area contributed by atoms with E-state index < -0.39 is 0 Å². The highest BCUT2D eigenvalue weighted by Gasteiger charge is 2.31. The van der Waals surface area contributed by atoms with Crippen molar-refractivity contribution in [3.8, 4) is 5.75 Å². The van der Waals surface area contributed by atoms with Crippen molar-refractivity contribution in [2.45, 2.75) is 31.7 Å². The molecule has 2 aromatic carbocycles. The molecule has 1 aliphatic heterocycles. The summed E-state index contributed by atoms with van der Waals surface area (Å²) >= 11 is 12.0. The van der Waals surface area contributed by atoms with E-state index in [0.29, 0.717) is 35.2 Å². The molecule has 1 fully saturated rings. The number of imidazole rings is 1. The summed E-state index contributed by atoms with van der Waals surface area (Å²) in [6, 6.07) is 13.1. The predicted octanol–water partition coefficient (Wildman–Crippen LogP) is 5.39. The van der Waals surface area contributed by atoms with Crippen molar-refractivity contribution in [3.05, 3.63) is 58.3 Å². The van der Waals surface area contributed by atoms with Crippen LogP contribution in [0.25, 0.3) is 11.0 Å². The maximum absolute atomic E-state index is 12.8. The van der Waals surface area contributed by atoms with Gasteiger partial charge in [0.15, 0.2) is 0 Å². The molecular weight excluding hydrogens is 397 g/mol. The number of hydrogen-bond acceptors (Lipinski definition) is 3. The molecule has 1 aliphatic rings. The third-order valence-corrected chi connectivity index (χ3v) is 5.51. The van der Waals surface area contributed by atoms with Crippen LogP contribution >= 0.6 is 23.2 Å². The Balaban J connectivity index is 1.33. The molecule has 1 atom stereocenters. The van der Waals surface area contributed by atoms with E-state index in [1.807, 2.05) is 29.2 Å². The summed E-state index contributed by atoms with van der Waals surface area (Å²) in [5, 5.41) is 1.04. The zero-order chi connectivity index (χ0) is 19.5. The predicted molar refractivity (Wildman–Crippen MR) is 111 cm³/mol. The van der Waals surface area contributed by atoms with Gasteiger partial charge < -0.3 is 14.6 Å². The molecule has 1 aromatic heterocycles. The van der Waals surface area contributed by atoms with Crippen molar-refractivity contribution < 1.29 is 9.53 Å². The second-order valence-corrected chi connectivity index (χ2v) is 7.75. The zero-order valence-corrected chi connectivity index (χ0v) is 16.8. The van der Waals surface area contributed by atoms with Gasteiger partial charge in [0.05, 0.1) is 28.7 Å². The molecule has 1 N–H and O–H groups in total. The lowest BCUT2D eigenvalue weighted by Crippen LogP contribution is -2.31. The van der Waals surface area contributed by atoms with Gasteiger partial charge in [0, 0.05) is 18.0 Å². The number of aromatic amines is 1. The number of H-pyrrole nitrogens is 1. The van der Waals surface area contributed by atoms with E-state index in [-0.39, 0.29) is 11.9 Å². The lowest BCUT2D eigenvalue weighted by molar-refractivity contribution is -0.132. The molecule has 5 nitrogen and oxygen atoms in total. The molecule has 7 heteroatoms. The van der Waals surface area contributed by atoms with Crippen LogP contribution in [-0.2, 0) is 4.79 Å². The molecule has 1 amide bonds. The monoisotopic (exact) mass is 417 g/mol. The maximum Gasteiger partial charge on any atom is 0.223 e. The molecule has 0 saturated carbocycles. The number of rotatable bonds is 6. The van der Waals surface area contributed by atoms with Crippen molar-refractivity contribution in [1.82, 2.24) is 14.9 Å². The van der Waals surface area contributed by atoms with Crippen LogP contribution in [0.5, 0.6) is 5.75 Å². The van der Waals surface area contributed by atoms with Gasteiger partial charge >= 0.3 is 0 Å². The largest absolute Gasteiger partial charge is 0.492 e. The first-order valence-corrected chi connectivity index (χ1v) is 10.2. The standard InChI is InChI=1S/C21H21Cl2N3O2/c22-14-9-10-19(15(23)13-14)28-12-4-8-20(27)26-11-3-7-18(26)21-24-16-5-1-2-6-17(16)25-21/h1-2,5-6,9-10,13,18H,3-4,7-8,11-12H2,(H,24,25). The molecule has 3 aromatic rings. The van der Waals surface area contributed by atoms with E-state index in [1.54, 1.807) is 18.2 Å². The van der Waals surface area contributed by atoms with Crippen molar-refractivity contribution >= 4 is 40.1 Å². The van der Waals surface area contributed by atoms with Gasteiger partial charge in [-0.1, -0.05) is 35.3 Å². The van der Waals surface area contributed by atoms with E-state index in [9.17, 15) is 4.79 Å². The summed E-state index contributed by atoms with van der Waals surface area (Å²) < 4.78 is 5.68. The number of nitrogens with one attached hydrogen (secondary N) is 1. The summed E-state index contributed by atoms with van der Waals surface area (Å²) in [5.41, 5.74) is 1.94. The summed E-state index contributed by atoms with van der Waals surface area (Å²) in [6.45, 7) is 1.20. The number of likely N-dealkylation sites (tertiary alicyclic amines) is 1. The quantitative estimate of drug-likeness (QED) is 0.546. The fourth-order valence-corrected chi connectivity index (χ4v) is 4.08. The van der Waals surface area contributed by atoms with Gasteiger partial charge in [-0.25, -0.2) is 4.98 Å². The molecule has 4 rings (SSSR count). The van der Waals surface area contributed by atoms with Crippen LogP contribution in [0.4, 0.5) is 0 Å². The second kappa shape index (κ2) is 8.41. The first kappa shape index (κ1) is 19.1. The molecule has 0 aliphatic carbocycles. The molecule has 1 unspecified atom stereocenters. The number of fused-ring (bicyclic) bond motifs is 1. The van der Waals surface area contributed by atoms with Crippen LogP contribution < -0.4 is 4.74 Å². The number of benzene rings is 2. The Bertz CT molecular complexity index is 956. The number of carbonyl (C=O) groups excluding carboxylic acids is 1. The third-order valence-electron chi connectivity index (χ3n) is 4.98. The number of halogens is 2.